The summed E-state index contributed by atoms with van der Waals surface area (Å²) in [5, 5.41) is 25.4. The highest BCUT2D eigenvalue weighted by atomic mass is 19.4. The van der Waals surface area contributed by atoms with Gasteiger partial charge in [0.2, 0.25) is 0 Å². The average molecular weight is 608 g/mol. The van der Waals surface area contributed by atoms with Gasteiger partial charge in [-0.15, -0.1) is 0 Å². The van der Waals surface area contributed by atoms with E-state index in [0.717, 1.165) is 18.0 Å². The van der Waals surface area contributed by atoms with Crippen molar-refractivity contribution in [1.29, 1.82) is 5.41 Å². The summed E-state index contributed by atoms with van der Waals surface area (Å²) in [6, 6.07) is 4.31. The lowest BCUT2D eigenvalue weighted by molar-refractivity contribution is -0.183. The number of allylic oxidation sites excluding steroid dienone is 7. The minimum absolute atomic E-state index is 0.0316. The number of hydrogen-bond donors (Lipinski definition) is 3. The van der Waals surface area contributed by atoms with Crippen LogP contribution in [0.1, 0.15) is 36.6 Å². The monoisotopic (exact) mass is 607 g/mol. The summed E-state index contributed by atoms with van der Waals surface area (Å²) >= 11 is 0. The number of aliphatic hydroxyl groups is 1. The smallest absolute Gasteiger partial charge is 0.401 e. The molecule has 2 aliphatic heterocycles. The summed E-state index contributed by atoms with van der Waals surface area (Å²) < 4.78 is 62.4. The molecule has 0 saturated heterocycles. The second kappa shape index (κ2) is 12.1. The molecule has 12 heteroatoms. The van der Waals surface area contributed by atoms with Crippen LogP contribution in [-0.4, -0.2) is 44.5 Å². The zero-order valence-corrected chi connectivity index (χ0v) is 23.9. The van der Waals surface area contributed by atoms with E-state index in [2.05, 4.69) is 21.1 Å². The van der Waals surface area contributed by atoms with E-state index in [1.807, 2.05) is 6.92 Å². The van der Waals surface area contributed by atoms with E-state index in [0.29, 0.717) is 29.2 Å². The second-order valence-electron chi connectivity index (χ2n) is 10.8. The maximum Gasteiger partial charge on any atom is 0.401 e. The van der Waals surface area contributed by atoms with E-state index in [4.69, 9.17) is 10.1 Å². The van der Waals surface area contributed by atoms with Crippen LogP contribution in [0.4, 0.5) is 23.2 Å². The van der Waals surface area contributed by atoms with Crippen molar-refractivity contribution < 1.29 is 32.2 Å². The van der Waals surface area contributed by atoms with E-state index in [-0.39, 0.29) is 29.7 Å². The SMILES string of the molecule is Cc1c(NC2=NC=C(c3ccc(CC(=O)C(=N)C4=C=COC(C5(C(F)(F)F)CC5)=C4)c(F)c3)C=CC=C2)cnn1C[C@@H](C)O. The lowest BCUT2D eigenvalue weighted by atomic mass is 9.95. The quantitative estimate of drug-likeness (QED) is 0.181. The Bertz CT molecular complexity index is 1730. The Labute approximate surface area is 250 Å². The maximum absolute atomic E-state index is 15.2. The van der Waals surface area contributed by atoms with Gasteiger partial charge >= 0.3 is 6.18 Å². The largest absolute Gasteiger partial charge is 0.460 e. The molecule has 8 nitrogen and oxygen atoms in total. The molecule has 228 valence electrons. The first-order valence-corrected chi connectivity index (χ1v) is 13.8. The van der Waals surface area contributed by atoms with Crippen LogP contribution in [-0.2, 0) is 22.5 Å². The molecule has 0 spiro atoms. The highest BCUT2D eigenvalue weighted by molar-refractivity contribution is 6.46. The molecule has 3 aliphatic rings. The lowest BCUT2D eigenvalue weighted by Crippen LogP contribution is -2.28. The van der Waals surface area contributed by atoms with Crippen LogP contribution in [0.3, 0.4) is 0 Å². The zero-order chi connectivity index (χ0) is 31.6. The standard InChI is InChI=1S/C32H29F4N5O3/c1-19(42)18-41-20(2)26(17-39-41)40-29-6-4-3-5-24(16-38-29)21-7-8-22(25(33)13-21)14-27(43)30(37)23-9-12-44-28(15-23)31(10-11-31)32(34,35)36/h3-8,12-13,15-17,19,37,42H,10-11,14,18H2,1-2H3,(H,38,40)/t19-/m1/s1. The average Bonchev–Trinajstić information content (AvgIpc) is 3.73. The Morgan fingerprint density at radius 2 is 2.02 bits per heavy atom. The molecule has 3 heterocycles. The first-order valence-electron chi connectivity index (χ1n) is 13.8. The van der Waals surface area contributed by atoms with Crippen molar-refractivity contribution in [3.63, 3.8) is 0 Å². The number of nitrogens with zero attached hydrogens (tertiary/aromatic N) is 3. The summed E-state index contributed by atoms with van der Waals surface area (Å²) in [5.74, 6) is -1.32. The van der Waals surface area contributed by atoms with Gasteiger partial charge in [0.05, 0.1) is 35.8 Å². The highest BCUT2D eigenvalue weighted by Gasteiger charge is 2.67. The molecule has 1 saturated carbocycles. The van der Waals surface area contributed by atoms with Crippen LogP contribution in [0.15, 0.2) is 89.3 Å². The minimum atomic E-state index is -4.52. The molecule has 3 N–H and O–H groups in total. The maximum atomic E-state index is 15.2. The fourth-order valence-corrected chi connectivity index (χ4v) is 4.75. The van der Waals surface area contributed by atoms with Crippen LogP contribution in [0.25, 0.3) is 5.57 Å². The van der Waals surface area contributed by atoms with Crippen molar-refractivity contribution in [2.24, 2.45) is 10.4 Å². The first kappa shape index (κ1) is 30.7. The van der Waals surface area contributed by atoms with Crippen molar-refractivity contribution >= 4 is 28.6 Å². The number of benzene rings is 1. The number of aliphatic hydroxyl groups excluding tert-OH is 1. The van der Waals surface area contributed by atoms with E-state index in [9.17, 15) is 23.1 Å². The predicted octanol–water partition coefficient (Wildman–Crippen LogP) is 6.12. The number of carbonyl (C=O) groups is 1. The molecule has 1 aromatic carbocycles. The van der Waals surface area contributed by atoms with Crippen LogP contribution >= 0.6 is 0 Å². The number of aromatic nitrogens is 2. The summed E-state index contributed by atoms with van der Waals surface area (Å²) in [5.41, 5.74) is 2.32. The van der Waals surface area contributed by atoms with Crippen LogP contribution in [0, 0.1) is 23.6 Å². The van der Waals surface area contributed by atoms with Crippen molar-refractivity contribution in [1.82, 2.24) is 9.78 Å². The van der Waals surface area contributed by atoms with Gasteiger partial charge in [-0.3, -0.25) is 14.9 Å². The van der Waals surface area contributed by atoms with Crippen LogP contribution in [0.2, 0.25) is 0 Å². The number of anilines is 1. The van der Waals surface area contributed by atoms with Crippen LogP contribution in [0.5, 0.6) is 0 Å². The number of aliphatic imine (C=N–C) groups is 1. The number of amidine groups is 1. The molecule has 0 bridgehead atoms. The Morgan fingerprint density at radius 3 is 2.70 bits per heavy atom. The number of rotatable bonds is 9. The third kappa shape index (κ3) is 6.41. The van der Waals surface area contributed by atoms with Gasteiger partial charge < -0.3 is 15.2 Å². The van der Waals surface area contributed by atoms with Gasteiger partial charge in [-0.05, 0) is 56.0 Å². The molecule has 0 unspecified atom stereocenters. The molecule has 1 aromatic heterocycles. The Balaban J connectivity index is 1.28. The van der Waals surface area contributed by atoms with Crippen molar-refractivity contribution in [2.45, 2.75) is 51.9 Å². The number of halogens is 4. The Kier molecular flexibility index (Phi) is 8.40. The van der Waals surface area contributed by atoms with Gasteiger partial charge in [-0.2, -0.15) is 18.3 Å². The van der Waals surface area contributed by atoms with Crippen molar-refractivity contribution in [3.05, 3.63) is 107 Å². The number of ketones is 1. The Hall–Kier alpha value is -4.80. The molecule has 1 atom stereocenters. The topological polar surface area (TPSA) is 113 Å². The van der Waals surface area contributed by atoms with Gasteiger partial charge in [-0.25, -0.2) is 9.38 Å². The van der Waals surface area contributed by atoms with Gasteiger partial charge in [-0.1, -0.05) is 36.1 Å². The Morgan fingerprint density at radius 1 is 1.27 bits per heavy atom. The third-order valence-corrected chi connectivity index (χ3v) is 7.51. The fourth-order valence-electron chi connectivity index (χ4n) is 4.75. The van der Waals surface area contributed by atoms with E-state index in [1.165, 1.54) is 12.1 Å². The van der Waals surface area contributed by atoms with E-state index >= 15 is 4.39 Å². The molecule has 1 fully saturated rings. The van der Waals surface area contributed by atoms with Gasteiger partial charge in [0, 0.05) is 18.2 Å². The molecule has 1 aliphatic carbocycles. The molecule has 2 aromatic rings. The number of alkyl halides is 3. The first-order chi connectivity index (χ1) is 20.9. The summed E-state index contributed by atoms with van der Waals surface area (Å²) in [6.45, 7) is 3.89. The van der Waals surface area contributed by atoms with E-state index < -0.39 is 41.4 Å². The van der Waals surface area contributed by atoms with Crippen molar-refractivity contribution in [3.8, 4) is 0 Å². The van der Waals surface area contributed by atoms with Crippen molar-refractivity contribution in [2.75, 3.05) is 5.32 Å². The zero-order valence-electron chi connectivity index (χ0n) is 23.9. The lowest BCUT2D eigenvalue weighted by Gasteiger charge is -2.22. The summed E-state index contributed by atoms with van der Waals surface area (Å²) in [7, 11) is 0. The minimum Gasteiger partial charge on any atom is -0.460 e. The molecule has 0 amide bonds. The number of nitrogens with one attached hydrogen (secondary N) is 2. The van der Waals surface area contributed by atoms with Gasteiger partial charge in [0.1, 0.15) is 34.8 Å². The highest BCUT2D eigenvalue weighted by Crippen LogP contribution is 2.62. The van der Waals surface area contributed by atoms with Crippen LogP contribution < -0.4 is 5.32 Å². The van der Waals surface area contributed by atoms with Gasteiger partial charge in [0.25, 0.3) is 0 Å². The number of hydrogen-bond acceptors (Lipinski definition) is 7. The predicted molar refractivity (Wildman–Crippen MR) is 157 cm³/mol. The summed E-state index contributed by atoms with van der Waals surface area (Å²) in [6.07, 6.45) is 6.37. The fraction of sp³-hybridized carbons (Fsp3) is 0.281. The number of ether oxygens (including phenoxy) is 1. The summed E-state index contributed by atoms with van der Waals surface area (Å²) in [4.78, 5) is 17.3. The number of carbonyl (C=O) groups excluding carboxylic acids is 1. The number of Topliss-reactive ketones (excluding diaryl/α,β-unsaturated/α-hetero) is 1. The second-order valence-corrected chi connectivity index (χ2v) is 10.8. The molecule has 5 rings (SSSR count). The third-order valence-electron chi connectivity index (χ3n) is 7.51. The molecule has 0 radical (unpaired) electrons. The molecular formula is C32H29F4N5O3. The van der Waals surface area contributed by atoms with E-state index in [1.54, 1.807) is 54.4 Å². The molecule has 44 heavy (non-hydrogen) atoms. The normalized spacial score (nSPS) is 17.8. The van der Waals surface area contributed by atoms with Gasteiger partial charge in [0.15, 0.2) is 5.78 Å². The molecular weight excluding hydrogens is 578 g/mol.